The highest BCUT2D eigenvalue weighted by atomic mass is 16.4. The van der Waals surface area contributed by atoms with Gasteiger partial charge in [0.1, 0.15) is 0 Å². The Hall–Kier alpha value is -2.31. The summed E-state index contributed by atoms with van der Waals surface area (Å²) in [6.45, 7) is 1.58. The maximum Gasteiger partial charge on any atom is 0.356 e. The van der Waals surface area contributed by atoms with Crippen LogP contribution in [-0.2, 0) is 0 Å². The van der Waals surface area contributed by atoms with Crippen LogP contribution in [0.15, 0.2) is 18.6 Å². The summed E-state index contributed by atoms with van der Waals surface area (Å²) < 4.78 is 1.41. The lowest BCUT2D eigenvalue weighted by molar-refractivity contribution is 0.0689. The molecule has 2 rings (SSSR count). The van der Waals surface area contributed by atoms with Gasteiger partial charge in [-0.1, -0.05) is 5.21 Å². The van der Waals surface area contributed by atoms with Crippen molar-refractivity contribution < 1.29 is 9.90 Å². The molecule has 0 radical (unpaired) electrons. The third-order valence-electron chi connectivity index (χ3n) is 1.79. The van der Waals surface area contributed by atoms with E-state index in [0.717, 1.165) is 0 Å². The number of hydrogen-bond donors (Lipinski definition) is 1. The van der Waals surface area contributed by atoms with E-state index in [1.54, 1.807) is 13.1 Å². The molecule has 76 valence electrons. The maximum absolute atomic E-state index is 10.7. The summed E-state index contributed by atoms with van der Waals surface area (Å²) >= 11 is 0. The lowest BCUT2D eigenvalue weighted by atomic mass is 10.3. The Morgan fingerprint density at radius 2 is 2.33 bits per heavy atom. The highest BCUT2D eigenvalue weighted by Crippen LogP contribution is 2.05. The first-order chi connectivity index (χ1) is 7.18. The van der Waals surface area contributed by atoms with Crippen molar-refractivity contribution in [2.75, 3.05) is 0 Å². The van der Waals surface area contributed by atoms with Gasteiger partial charge < -0.3 is 5.11 Å². The van der Waals surface area contributed by atoms with Crippen LogP contribution < -0.4 is 0 Å². The molecule has 0 spiro atoms. The van der Waals surface area contributed by atoms with Gasteiger partial charge in [-0.25, -0.2) is 19.4 Å². The first kappa shape index (κ1) is 9.25. The molecule has 0 bridgehead atoms. The molecule has 0 amide bonds. The summed E-state index contributed by atoms with van der Waals surface area (Å²) in [7, 11) is 0. The molecule has 0 fully saturated rings. The monoisotopic (exact) mass is 205 g/mol. The average Bonchev–Trinajstić information content (AvgIpc) is 2.69. The quantitative estimate of drug-likeness (QED) is 0.745. The van der Waals surface area contributed by atoms with Gasteiger partial charge in [-0.15, -0.1) is 5.10 Å². The van der Waals surface area contributed by atoms with Gasteiger partial charge in [0.15, 0.2) is 11.5 Å². The van der Waals surface area contributed by atoms with Crippen LogP contribution in [0.3, 0.4) is 0 Å². The molecule has 7 nitrogen and oxygen atoms in total. The van der Waals surface area contributed by atoms with E-state index in [1.807, 2.05) is 0 Å². The predicted molar refractivity (Wildman–Crippen MR) is 48.6 cm³/mol. The molecule has 2 aromatic rings. The molecule has 0 aliphatic carbocycles. The number of carboxylic acids is 1. The number of aryl methyl sites for hydroxylation is 1. The highest BCUT2D eigenvalue weighted by molar-refractivity contribution is 5.86. The van der Waals surface area contributed by atoms with Gasteiger partial charge in [-0.05, 0) is 6.92 Å². The van der Waals surface area contributed by atoms with Crippen LogP contribution in [0.25, 0.3) is 5.82 Å². The molecule has 0 aliphatic heterocycles. The molecule has 2 aromatic heterocycles. The van der Waals surface area contributed by atoms with Crippen molar-refractivity contribution in [3.05, 3.63) is 30.0 Å². The zero-order valence-electron chi connectivity index (χ0n) is 7.82. The lowest BCUT2D eigenvalue weighted by Gasteiger charge is -2.02. The molecular formula is C8H7N5O2. The molecule has 0 unspecified atom stereocenters. The van der Waals surface area contributed by atoms with E-state index in [2.05, 4.69) is 20.3 Å². The Morgan fingerprint density at radius 1 is 1.53 bits per heavy atom. The Bertz CT molecular complexity index is 494. The van der Waals surface area contributed by atoms with Crippen LogP contribution >= 0.6 is 0 Å². The van der Waals surface area contributed by atoms with E-state index < -0.39 is 5.97 Å². The zero-order chi connectivity index (χ0) is 10.8. The van der Waals surface area contributed by atoms with Crippen molar-refractivity contribution in [3.8, 4) is 5.82 Å². The maximum atomic E-state index is 10.7. The van der Waals surface area contributed by atoms with Crippen molar-refractivity contribution >= 4 is 5.97 Å². The van der Waals surface area contributed by atoms with Crippen molar-refractivity contribution in [3.63, 3.8) is 0 Å². The van der Waals surface area contributed by atoms with Crippen LogP contribution in [0.2, 0.25) is 0 Å². The molecular weight excluding hydrogens is 198 g/mol. The molecule has 0 aliphatic rings. The highest BCUT2D eigenvalue weighted by Gasteiger charge is 2.11. The fourth-order valence-corrected chi connectivity index (χ4v) is 1.12. The molecule has 0 atom stereocenters. The number of rotatable bonds is 2. The molecule has 7 heteroatoms. The SMILES string of the molecule is Cc1nc(-n2ccnn2)cnc1C(=O)O. The first-order valence-electron chi connectivity index (χ1n) is 4.12. The van der Waals surface area contributed by atoms with Crippen molar-refractivity contribution in [1.82, 2.24) is 25.0 Å². The lowest BCUT2D eigenvalue weighted by Crippen LogP contribution is -2.08. The summed E-state index contributed by atoms with van der Waals surface area (Å²) in [6.07, 6.45) is 4.44. The minimum Gasteiger partial charge on any atom is -0.476 e. The number of hydrogen-bond acceptors (Lipinski definition) is 5. The Kier molecular flexibility index (Phi) is 2.13. The predicted octanol–water partition coefficient (Wildman–Crippen LogP) is 0.0639. The van der Waals surface area contributed by atoms with Crippen LogP contribution in [0.4, 0.5) is 0 Å². The number of nitrogens with zero attached hydrogens (tertiary/aromatic N) is 5. The second kappa shape index (κ2) is 3.45. The Labute approximate surface area is 84.4 Å². The van der Waals surface area contributed by atoms with E-state index in [1.165, 1.54) is 17.1 Å². The average molecular weight is 205 g/mol. The van der Waals surface area contributed by atoms with Gasteiger partial charge in [-0.2, -0.15) is 0 Å². The molecule has 2 heterocycles. The summed E-state index contributed by atoms with van der Waals surface area (Å²) in [5.41, 5.74) is 0.286. The van der Waals surface area contributed by atoms with E-state index in [4.69, 9.17) is 5.11 Å². The van der Waals surface area contributed by atoms with Gasteiger partial charge in [0.25, 0.3) is 0 Å². The third-order valence-corrected chi connectivity index (χ3v) is 1.79. The summed E-state index contributed by atoms with van der Waals surface area (Å²) in [5.74, 6) is -0.653. The second-order valence-electron chi connectivity index (χ2n) is 2.81. The minimum absolute atomic E-state index is 0.0566. The van der Waals surface area contributed by atoms with E-state index in [0.29, 0.717) is 11.5 Å². The topological polar surface area (TPSA) is 93.8 Å². The van der Waals surface area contributed by atoms with Gasteiger partial charge in [-0.3, -0.25) is 0 Å². The second-order valence-corrected chi connectivity index (χ2v) is 2.81. The van der Waals surface area contributed by atoms with E-state index in [-0.39, 0.29) is 5.69 Å². The van der Waals surface area contributed by atoms with Gasteiger partial charge >= 0.3 is 5.97 Å². The minimum atomic E-state index is -1.09. The molecule has 0 saturated heterocycles. The molecule has 0 saturated carbocycles. The van der Waals surface area contributed by atoms with E-state index in [9.17, 15) is 4.79 Å². The standard InChI is InChI=1S/C8H7N5O2/c1-5-7(8(14)15)9-4-6(11-5)13-3-2-10-12-13/h2-4H,1H3,(H,14,15). The summed E-state index contributed by atoms with van der Waals surface area (Å²) in [5, 5.41) is 16.1. The van der Waals surface area contributed by atoms with Crippen LogP contribution in [0.1, 0.15) is 16.2 Å². The fourth-order valence-electron chi connectivity index (χ4n) is 1.12. The van der Waals surface area contributed by atoms with Crippen LogP contribution in [0.5, 0.6) is 0 Å². The Balaban J connectivity index is 2.47. The van der Waals surface area contributed by atoms with Gasteiger partial charge in [0.2, 0.25) is 0 Å². The smallest absolute Gasteiger partial charge is 0.356 e. The number of aromatic carboxylic acids is 1. The zero-order valence-corrected chi connectivity index (χ0v) is 7.82. The van der Waals surface area contributed by atoms with Crippen molar-refractivity contribution in [2.24, 2.45) is 0 Å². The van der Waals surface area contributed by atoms with Gasteiger partial charge in [0, 0.05) is 0 Å². The van der Waals surface area contributed by atoms with Crippen molar-refractivity contribution in [1.29, 1.82) is 0 Å². The first-order valence-corrected chi connectivity index (χ1v) is 4.12. The molecule has 1 N–H and O–H groups in total. The van der Waals surface area contributed by atoms with Gasteiger partial charge in [0.05, 0.1) is 24.3 Å². The third kappa shape index (κ3) is 1.66. The molecule has 0 aromatic carbocycles. The Morgan fingerprint density at radius 3 is 2.87 bits per heavy atom. The fraction of sp³-hybridized carbons (Fsp3) is 0.125. The summed E-state index contributed by atoms with van der Waals surface area (Å²) in [6, 6.07) is 0. The van der Waals surface area contributed by atoms with Crippen molar-refractivity contribution in [2.45, 2.75) is 6.92 Å². The van der Waals surface area contributed by atoms with E-state index >= 15 is 0 Å². The van der Waals surface area contributed by atoms with Crippen LogP contribution in [-0.4, -0.2) is 36.0 Å². The number of carboxylic acid groups (broad SMARTS) is 1. The van der Waals surface area contributed by atoms with Crippen LogP contribution in [0, 0.1) is 6.92 Å². The largest absolute Gasteiger partial charge is 0.476 e. The summed E-state index contributed by atoms with van der Waals surface area (Å²) in [4.78, 5) is 18.5. The number of aromatic nitrogens is 5. The molecule has 15 heavy (non-hydrogen) atoms. The number of carbonyl (C=O) groups is 1. The normalized spacial score (nSPS) is 10.2.